The number of aliphatic imine (C=N–C) groups is 1. The van der Waals surface area contributed by atoms with Crippen LogP contribution in [0.25, 0.3) is 11.5 Å². The fourth-order valence-electron chi connectivity index (χ4n) is 2.92. The van der Waals surface area contributed by atoms with Crippen LogP contribution in [-0.2, 0) is 13.0 Å². The van der Waals surface area contributed by atoms with Gasteiger partial charge in [0.15, 0.2) is 11.8 Å². The first-order chi connectivity index (χ1) is 12.8. The normalized spacial score (nSPS) is 14.2. The zero-order valence-electron chi connectivity index (χ0n) is 15.9. The van der Waals surface area contributed by atoms with Gasteiger partial charge in [-0.3, -0.25) is 0 Å². The first-order valence-electron chi connectivity index (χ1n) is 9.40. The fourth-order valence-corrected chi connectivity index (χ4v) is 2.92. The van der Waals surface area contributed by atoms with Gasteiger partial charge in [-0.05, 0) is 43.9 Å². The minimum atomic E-state index is 0. The molecule has 6 nitrogen and oxygen atoms in total. The van der Waals surface area contributed by atoms with Crippen molar-refractivity contribution in [2.45, 2.75) is 52.1 Å². The van der Waals surface area contributed by atoms with Crippen LogP contribution >= 0.6 is 24.0 Å². The maximum absolute atomic E-state index is 5.38. The Morgan fingerprint density at radius 2 is 2.07 bits per heavy atom. The van der Waals surface area contributed by atoms with E-state index in [4.69, 9.17) is 9.52 Å². The van der Waals surface area contributed by atoms with Gasteiger partial charge in [-0.2, -0.15) is 4.98 Å². The number of nitrogens with one attached hydrogen (secondary N) is 2. The summed E-state index contributed by atoms with van der Waals surface area (Å²) in [5, 5.41) is 10.8. The molecule has 1 aliphatic carbocycles. The highest BCUT2D eigenvalue weighted by atomic mass is 127. The molecule has 0 saturated carbocycles. The van der Waals surface area contributed by atoms with Crippen molar-refractivity contribution in [2.24, 2.45) is 4.99 Å². The second-order valence-corrected chi connectivity index (χ2v) is 6.45. The van der Waals surface area contributed by atoms with Gasteiger partial charge in [0.05, 0.1) is 6.54 Å². The molecule has 3 rings (SSSR count). The van der Waals surface area contributed by atoms with E-state index in [9.17, 15) is 0 Å². The molecule has 0 amide bonds. The SMILES string of the molecule is CCCc1noc(-c2cccc(CN=C(NCC)NC3CC=CC3)c2)n1.I. The van der Waals surface area contributed by atoms with Gasteiger partial charge in [0, 0.05) is 24.6 Å². The highest BCUT2D eigenvalue weighted by molar-refractivity contribution is 14.0. The van der Waals surface area contributed by atoms with Crippen molar-refractivity contribution >= 4 is 29.9 Å². The van der Waals surface area contributed by atoms with E-state index in [1.54, 1.807) is 0 Å². The Morgan fingerprint density at radius 3 is 2.81 bits per heavy atom. The predicted molar refractivity (Wildman–Crippen MR) is 119 cm³/mol. The van der Waals surface area contributed by atoms with Gasteiger partial charge in [0.1, 0.15) is 0 Å². The van der Waals surface area contributed by atoms with Gasteiger partial charge in [-0.1, -0.05) is 36.4 Å². The molecular weight excluding hydrogens is 453 g/mol. The third kappa shape index (κ3) is 6.34. The second kappa shape index (κ2) is 11.1. The largest absolute Gasteiger partial charge is 0.357 e. The molecule has 0 saturated heterocycles. The molecular formula is C20H28IN5O. The Morgan fingerprint density at radius 1 is 1.26 bits per heavy atom. The maximum atomic E-state index is 5.38. The number of guanidine groups is 1. The summed E-state index contributed by atoms with van der Waals surface area (Å²) in [6, 6.07) is 8.56. The number of halogens is 1. The number of benzene rings is 1. The molecule has 0 spiro atoms. The van der Waals surface area contributed by atoms with E-state index >= 15 is 0 Å². The van der Waals surface area contributed by atoms with Crippen LogP contribution in [0.1, 0.15) is 44.5 Å². The monoisotopic (exact) mass is 481 g/mol. The van der Waals surface area contributed by atoms with Crippen molar-refractivity contribution in [2.75, 3.05) is 6.54 Å². The van der Waals surface area contributed by atoms with E-state index in [-0.39, 0.29) is 24.0 Å². The molecule has 0 unspecified atom stereocenters. The molecule has 7 heteroatoms. The predicted octanol–water partition coefficient (Wildman–Crippen LogP) is 4.08. The summed E-state index contributed by atoms with van der Waals surface area (Å²) in [5.74, 6) is 2.19. The lowest BCUT2D eigenvalue weighted by molar-refractivity contribution is 0.422. The molecule has 1 aromatic carbocycles. The van der Waals surface area contributed by atoms with Gasteiger partial charge in [0.2, 0.25) is 0 Å². The summed E-state index contributed by atoms with van der Waals surface area (Å²) < 4.78 is 5.38. The lowest BCUT2D eigenvalue weighted by atomic mass is 10.1. The molecule has 1 aliphatic rings. The lowest BCUT2D eigenvalue weighted by Gasteiger charge is -2.16. The van der Waals surface area contributed by atoms with Crippen LogP contribution in [-0.4, -0.2) is 28.7 Å². The van der Waals surface area contributed by atoms with Crippen molar-refractivity contribution in [3.8, 4) is 11.5 Å². The molecule has 0 bridgehead atoms. The number of hydrogen-bond acceptors (Lipinski definition) is 4. The van der Waals surface area contributed by atoms with Crippen LogP contribution in [0.3, 0.4) is 0 Å². The average molecular weight is 481 g/mol. The van der Waals surface area contributed by atoms with Crippen LogP contribution in [0, 0.1) is 0 Å². The molecule has 27 heavy (non-hydrogen) atoms. The molecule has 146 valence electrons. The van der Waals surface area contributed by atoms with E-state index in [0.29, 0.717) is 18.5 Å². The lowest BCUT2D eigenvalue weighted by Crippen LogP contribution is -2.42. The standard InChI is InChI=1S/C20H27N5O.HI/c1-3-8-18-24-19(26-25-18)16-10-7-9-15(13-16)14-22-20(21-4-2)23-17-11-5-6-12-17;/h5-7,9-10,13,17H,3-4,8,11-12,14H2,1-2H3,(H2,21,22,23);1H. The number of hydrogen-bond donors (Lipinski definition) is 2. The van der Waals surface area contributed by atoms with Crippen LogP contribution < -0.4 is 10.6 Å². The molecule has 0 fully saturated rings. The molecule has 1 heterocycles. The number of aryl methyl sites for hydroxylation is 1. The van der Waals surface area contributed by atoms with E-state index in [0.717, 1.165) is 55.1 Å². The van der Waals surface area contributed by atoms with E-state index in [2.05, 4.69) is 58.9 Å². The third-order valence-electron chi connectivity index (χ3n) is 4.23. The molecule has 2 N–H and O–H groups in total. The number of aromatic nitrogens is 2. The summed E-state index contributed by atoms with van der Waals surface area (Å²) in [7, 11) is 0. The first-order valence-corrected chi connectivity index (χ1v) is 9.40. The summed E-state index contributed by atoms with van der Waals surface area (Å²) in [6.07, 6.45) is 8.36. The third-order valence-corrected chi connectivity index (χ3v) is 4.23. The second-order valence-electron chi connectivity index (χ2n) is 6.45. The van der Waals surface area contributed by atoms with Gasteiger partial charge in [0.25, 0.3) is 5.89 Å². The zero-order valence-corrected chi connectivity index (χ0v) is 18.3. The minimum Gasteiger partial charge on any atom is -0.357 e. The Bertz CT molecular complexity index is 763. The van der Waals surface area contributed by atoms with Crippen molar-refractivity contribution in [1.29, 1.82) is 0 Å². The summed E-state index contributed by atoms with van der Waals surface area (Å²) in [4.78, 5) is 9.18. The molecule has 1 aromatic heterocycles. The summed E-state index contributed by atoms with van der Waals surface area (Å²) in [6.45, 7) is 5.62. The maximum Gasteiger partial charge on any atom is 0.257 e. The Kier molecular flexibility index (Phi) is 8.77. The highest BCUT2D eigenvalue weighted by Crippen LogP contribution is 2.19. The smallest absolute Gasteiger partial charge is 0.257 e. The van der Waals surface area contributed by atoms with Gasteiger partial charge in [-0.25, -0.2) is 4.99 Å². The molecule has 0 aliphatic heterocycles. The summed E-state index contributed by atoms with van der Waals surface area (Å²) >= 11 is 0. The van der Waals surface area contributed by atoms with Gasteiger partial charge >= 0.3 is 0 Å². The van der Waals surface area contributed by atoms with E-state index in [1.807, 2.05) is 12.1 Å². The van der Waals surface area contributed by atoms with E-state index in [1.165, 1.54) is 0 Å². The van der Waals surface area contributed by atoms with Crippen LogP contribution in [0.2, 0.25) is 0 Å². The Labute approximate surface area is 177 Å². The Balaban J connectivity index is 0.00000261. The van der Waals surface area contributed by atoms with Crippen molar-refractivity contribution in [3.05, 3.63) is 47.8 Å². The van der Waals surface area contributed by atoms with Crippen molar-refractivity contribution in [1.82, 2.24) is 20.8 Å². The van der Waals surface area contributed by atoms with E-state index < -0.39 is 0 Å². The summed E-state index contributed by atoms with van der Waals surface area (Å²) in [5.41, 5.74) is 2.05. The van der Waals surface area contributed by atoms with Crippen LogP contribution in [0.4, 0.5) is 0 Å². The van der Waals surface area contributed by atoms with Crippen LogP contribution in [0.15, 0.2) is 45.9 Å². The zero-order chi connectivity index (χ0) is 18.2. The molecule has 0 radical (unpaired) electrons. The number of nitrogens with zero attached hydrogens (tertiary/aromatic N) is 3. The Hall–Kier alpha value is -1.90. The minimum absolute atomic E-state index is 0. The van der Waals surface area contributed by atoms with Crippen molar-refractivity contribution < 1.29 is 4.52 Å². The highest BCUT2D eigenvalue weighted by Gasteiger charge is 2.12. The molecule has 0 atom stereocenters. The number of rotatable bonds is 7. The average Bonchev–Trinajstić information content (AvgIpc) is 3.33. The first kappa shape index (κ1) is 21.4. The fraction of sp³-hybridized carbons (Fsp3) is 0.450. The molecule has 2 aromatic rings. The van der Waals surface area contributed by atoms with Crippen LogP contribution in [0.5, 0.6) is 0 Å². The quantitative estimate of drug-likeness (QED) is 0.270. The van der Waals surface area contributed by atoms with Crippen molar-refractivity contribution in [3.63, 3.8) is 0 Å². The topological polar surface area (TPSA) is 75.3 Å². The van der Waals surface area contributed by atoms with Gasteiger partial charge in [-0.15, -0.1) is 24.0 Å². The van der Waals surface area contributed by atoms with Gasteiger partial charge < -0.3 is 15.2 Å².